The fourth-order valence-electron chi connectivity index (χ4n) is 1.98. The van der Waals surface area contributed by atoms with Crippen molar-refractivity contribution in [3.05, 3.63) is 42.5 Å². The number of halogens is 1. The Bertz CT molecular complexity index is 640. The van der Waals surface area contributed by atoms with Gasteiger partial charge in [0.15, 0.2) is 5.96 Å². The minimum atomic E-state index is 0. The van der Waals surface area contributed by atoms with E-state index in [9.17, 15) is 0 Å². The monoisotopic (exact) mass is 474 g/mol. The summed E-state index contributed by atoms with van der Waals surface area (Å²) in [5, 5.41) is 10.8. The summed E-state index contributed by atoms with van der Waals surface area (Å²) in [6, 6.07) is 8.18. The normalized spacial score (nSPS) is 11.8. The highest BCUT2D eigenvalue weighted by molar-refractivity contribution is 14.0. The number of nitrogens with one attached hydrogen (secondary N) is 2. The number of hydrogen-bond acceptors (Lipinski definition) is 4. The van der Waals surface area contributed by atoms with Gasteiger partial charge in [-0.25, -0.2) is 14.7 Å². The summed E-state index contributed by atoms with van der Waals surface area (Å²) in [6.45, 7) is 8.85. The lowest BCUT2D eigenvalue weighted by Crippen LogP contribution is -2.43. The molecular weight excluding hydrogens is 447 g/mol. The van der Waals surface area contributed by atoms with Gasteiger partial charge in [0.2, 0.25) is 0 Å². The molecule has 2 rings (SSSR count). The fraction of sp³-hybridized carbons (Fsp3) is 0.471. The maximum absolute atomic E-state index is 4.66. The van der Waals surface area contributed by atoms with Gasteiger partial charge < -0.3 is 10.6 Å². The molecule has 0 fully saturated rings. The van der Waals surface area contributed by atoms with Gasteiger partial charge in [-0.05, 0) is 44.7 Å². The molecule has 138 valence electrons. The van der Waals surface area contributed by atoms with Crippen LogP contribution >= 0.6 is 35.7 Å². The highest BCUT2D eigenvalue weighted by Crippen LogP contribution is 2.19. The summed E-state index contributed by atoms with van der Waals surface area (Å²) in [6.07, 6.45) is 5.35. The van der Waals surface area contributed by atoms with E-state index >= 15 is 0 Å². The molecule has 2 N–H and O–H groups in total. The largest absolute Gasteiger partial charge is 0.357 e. The number of hydrogen-bond donors (Lipinski definition) is 2. The van der Waals surface area contributed by atoms with Crippen LogP contribution < -0.4 is 10.6 Å². The van der Waals surface area contributed by atoms with Crippen LogP contribution in [0.1, 0.15) is 26.3 Å². The zero-order valence-corrected chi connectivity index (χ0v) is 18.3. The molecule has 25 heavy (non-hydrogen) atoms. The van der Waals surface area contributed by atoms with Crippen molar-refractivity contribution in [1.82, 2.24) is 25.4 Å². The Hall–Kier alpha value is -1.29. The lowest BCUT2D eigenvalue weighted by Gasteiger charge is -2.23. The number of rotatable bonds is 7. The lowest BCUT2D eigenvalue weighted by atomic mass is 10.2. The Balaban J connectivity index is 0.00000312. The van der Waals surface area contributed by atoms with E-state index < -0.39 is 0 Å². The number of aromatic nitrogens is 3. The first-order valence-electron chi connectivity index (χ1n) is 8.05. The van der Waals surface area contributed by atoms with E-state index in [1.165, 1.54) is 6.33 Å². The SMILES string of the molecule is CCNC(=NCc1ccc(-n2cncn2)cc1)NCC(C)(C)SC.I. The molecule has 0 saturated heterocycles. The second-order valence-corrected chi connectivity index (χ2v) is 7.53. The van der Waals surface area contributed by atoms with Crippen molar-refractivity contribution in [2.24, 2.45) is 4.99 Å². The molecule has 0 atom stereocenters. The zero-order valence-electron chi connectivity index (χ0n) is 15.2. The molecule has 0 amide bonds. The van der Waals surface area contributed by atoms with Gasteiger partial charge in [-0.1, -0.05) is 12.1 Å². The van der Waals surface area contributed by atoms with Crippen LogP contribution in [-0.4, -0.2) is 44.8 Å². The second kappa shape index (κ2) is 10.6. The maximum Gasteiger partial charge on any atom is 0.191 e. The van der Waals surface area contributed by atoms with Crippen LogP contribution in [0.4, 0.5) is 0 Å². The van der Waals surface area contributed by atoms with E-state index in [2.05, 4.69) is 64.9 Å². The van der Waals surface area contributed by atoms with Gasteiger partial charge in [0.1, 0.15) is 12.7 Å². The Morgan fingerprint density at radius 1 is 1.24 bits per heavy atom. The Kier molecular flexibility index (Phi) is 9.26. The third-order valence-electron chi connectivity index (χ3n) is 3.62. The Labute approximate surface area is 171 Å². The molecule has 0 saturated carbocycles. The summed E-state index contributed by atoms with van der Waals surface area (Å²) < 4.78 is 1.92. The first kappa shape index (κ1) is 21.8. The van der Waals surface area contributed by atoms with Gasteiger partial charge in [-0.2, -0.15) is 16.9 Å². The number of guanidine groups is 1. The van der Waals surface area contributed by atoms with Crippen molar-refractivity contribution in [1.29, 1.82) is 0 Å². The summed E-state index contributed by atoms with van der Waals surface area (Å²) in [5.74, 6) is 0.847. The van der Waals surface area contributed by atoms with Crippen molar-refractivity contribution >= 4 is 41.7 Å². The first-order chi connectivity index (χ1) is 11.5. The number of nitrogens with zero attached hydrogens (tertiary/aromatic N) is 4. The maximum atomic E-state index is 4.66. The van der Waals surface area contributed by atoms with Crippen molar-refractivity contribution < 1.29 is 0 Å². The fourth-order valence-corrected chi connectivity index (χ4v) is 2.19. The number of thioether (sulfide) groups is 1. The summed E-state index contributed by atoms with van der Waals surface area (Å²) >= 11 is 1.84. The molecule has 0 aliphatic heterocycles. The zero-order chi connectivity index (χ0) is 17.4. The third-order valence-corrected chi connectivity index (χ3v) is 4.87. The van der Waals surface area contributed by atoms with Crippen molar-refractivity contribution in [2.45, 2.75) is 32.1 Å². The molecular formula is C17H27IN6S. The van der Waals surface area contributed by atoms with E-state index in [4.69, 9.17) is 0 Å². The number of benzene rings is 1. The number of aliphatic imine (C=N–C) groups is 1. The van der Waals surface area contributed by atoms with Crippen LogP contribution in [0.2, 0.25) is 0 Å². The van der Waals surface area contributed by atoms with Crippen LogP contribution in [0.15, 0.2) is 41.9 Å². The average Bonchev–Trinajstić information content (AvgIpc) is 3.12. The second-order valence-electron chi connectivity index (χ2n) is 6.02. The van der Waals surface area contributed by atoms with Gasteiger partial charge >= 0.3 is 0 Å². The summed E-state index contributed by atoms with van der Waals surface area (Å²) in [4.78, 5) is 8.62. The quantitative estimate of drug-likeness (QED) is 0.367. The van der Waals surface area contributed by atoms with E-state index in [0.29, 0.717) is 6.54 Å². The summed E-state index contributed by atoms with van der Waals surface area (Å²) in [7, 11) is 0. The highest BCUT2D eigenvalue weighted by atomic mass is 127. The van der Waals surface area contributed by atoms with Gasteiger partial charge in [0, 0.05) is 17.8 Å². The average molecular weight is 474 g/mol. The lowest BCUT2D eigenvalue weighted by molar-refractivity contribution is 0.665. The van der Waals surface area contributed by atoms with Crippen LogP contribution in [-0.2, 0) is 6.54 Å². The molecule has 1 aromatic carbocycles. The molecule has 6 nitrogen and oxygen atoms in total. The van der Waals surface area contributed by atoms with E-state index in [1.807, 2.05) is 23.9 Å². The van der Waals surface area contributed by atoms with Gasteiger partial charge in [0.05, 0.1) is 12.2 Å². The van der Waals surface area contributed by atoms with Crippen LogP contribution in [0.3, 0.4) is 0 Å². The molecule has 0 spiro atoms. The van der Waals surface area contributed by atoms with Crippen LogP contribution in [0, 0.1) is 0 Å². The molecule has 0 bridgehead atoms. The molecule has 0 unspecified atom stereocenters. The van der Waals surface area contributed by atoms with Crippen LogP contribution in [0.5, 0.6) is 0 Å². The minimum Gasteiger partial charge on any atom is -0.357 e. The predicted octanol–water partition coefficient (Wildman–Crippen LogP) is 3.08. The van der Waals surface area contributed by atoms with E-state index in [0.717, 1.165) is 30.3 Å². The molecule has 8 heteroatoms. The Morgan fingerprint density at radius 3 is 2.52 bits per heavy atom. The first-order valence-corrected chi connectivity index (χ1v) is 9.28. The van der Waals surface area contributed by atoms with E-state index in [1.54, 1.807) is 11.0 Å². The van der Waals surface area contributed by atoms with Crippen molar-refractivity contribution in [3.8, 4) is 5.69 Å². The van der Waals surface area contributed by atoms with Gasteiger partial charge in [-0.3, -0.25) is 0 Å². The smallest absolute Gasteiger partial charge is 0.191 e. The minimum absolute atomic E-state index is 0. The van der Waals surface area contributed by atoms with Crippen molar-refractivity contribution in [3.63, 3.8) is 0 Å². The van der Waals surface area contributed by atoms with Gasteiger partial charge in [-0.15, -0.1) is 24.0 Å². The molecule has 0 aliphatic carbocycles. The Morgan fingerprint density at radius 2 is 1.96 bits per heavy atom. The third kappa shape index (κ3) is 7.23. The summed E-state index contributed by atoms with van der Waals surface area (Å²) in [5.41, 5.74) is 2.15. The van der Waals surface area contributed by atoms with E-state index in [-0.39, 0.29) is 28.7 Å². The van der Waals surface area contributed by atoms with Crippen molar-refractivity contribution in [2.75, 3.05) is 19.3 Å². The molecule has 0 radical (unpaired) electrons. The van der Waals surface area contributed by atoms with Crippen LogP contribution in [0.25, 0.3) is 5.69 Å². The predicted molar refractivity (Wildman–Crippen MR) is 117 cm³/mol. The standard InChI is InChI=1S/C17H26N6S.HI/c1-5-19-16(21-11-17(2,3)24-4)20-10-14-6-8-15(9-7-14)23-13-18-12-22-23;/h6-9,12-13H,5,10-11H2,1-4H3,(H2,19,20,21);1H. The molecule has 2 aromatic rings. The highest BCUT2D eigenvalue weighted by Gasteiger charge is 2.15. The molecule has 0 aliphatic rings. The molecule has 1 aromatic heterocycles. The molecule has 1 heterocycles. The van der Waals surface area contributed by atoms with Gasteiger partial charge in [0.25, 0.3) is 0 Å². The topological polar surface area (TPSA) is 67.1 Å².